The van der Waals surface area contributed by atoms with Crippen LogP contribution in [0.2, 0.25) is 5.02 Å². The van der Waals surface area contributed by atoms with Crippen LogP contribution in [0.4, 0.5) is 5.69 Å². The quantitative estimate of drug-likeness (QED) is 0.317. The molecule has 1 heterocycles. The number of aryl methyl sites for hydroxylation is 1. The molecule has 0 aromatic heterocycles. The van der Waals surface area contributed by atoms with Crippen LogP contribution in [-0.4, -0.2) is 42.1 Å². The zero-order valence-corrected chi connectivity index (χ0v) is 28.5. The van der Waals surface area contributed by atoms with Crippen molar-refractivity contribution in [3.8, 4) is 11.5 Å². The Kier molecular flexibility index (Phi) is 8.98. The number of carbonyl (C=O) groups is 3. The molecule has 2 aliphatic carbocycles. The number of hydrogen-bond donors (Lipinski definition) is 1. The van der Waals surface area contributed by atoms with Crippen LogP contribution < -0.4 is 14.8 Å². The molecule has 5 rings (SSSR count). The molecule has 0 atom stereocenters. The predicted octanol–water partition coefficient (Wildman–Crippen LogP) is 8.08. The van der Waals surface area contributed by atoms with E-state index < -0.39 is 5.92 Å². The monoisotopic (exact) mass is 632 g/mol. The number of ketones is 2. The first-order valence-electron chi connectivity index (χ1n) is 15.9. The van der Waals surface area contributed by atoms with Gasteiger partial charge in [0.25, 0.3) is 5.91 Å². The van der Waals surface area contributed by atoms with E-state index in [0.717, 1.165) is 41.1 Å². The van der Waals surface area contributed by atoms with Gasteiger partial charge in [0, 0.05) is 53.5 Å². The second-order valence-electron chi connectivity index (χ2n) is 14.1. The molecule has 1 N–H and O–H groups in total. The third-order valence-corrected chi connectivity index (χ3v) is 9.51. The standard InChI is InChI=1S/C37H45ClN2O5/c1-9-40-26-16-36(5,6)18-28(41)33(26)32(34-27(40)17-37(7,8)19-29(34)42)23-14-24(38)35(30(15-23)44-10-2)45-20-31(43)39-25-13-11-12-21(3)22(25)4/h11-15,32H,9-10,16-20H2,1-8H3,(H,39,43). The Morgan fingerprint density at radius 1 is 0.933 bits per heavy atom. The minimum atomic E-state index is -0.552. The Hall–Kier alpha value is -3.58. The summed E-state index contributed by atoms with van der Waals surface area (Å²) in [6.45, 7) is 17.1. The van der Waals surface area contributed by atoms with Crippen molar-refractivity contribution in [2.45, 2.75) is 87.0 Å². The van der Waals surface area contributed by atoms with Crippen LogP contribution in [0.15, 0.2) is 52.9 Å². The number of carbonyl (C=O) groups excluding carboxylic acids is 3. The fourth-order valence-electron chi connectivity index (χ4n) is 7.13. The summed E-state index contributed by atoms with van der Waals surface area (Å²) in [5.74, 6) is -0.135. The predicted molar refractivity (Wildman–Crippen MR) is 178 cm³/mol. The highest BCUT2D eigenvalue weighted by Crippen LogP contribution is 2.55. The van der Waals surface area contributed by atoms with Crippen LogP contribution in [0.25, 0.3) is 0 Å². The maximum atomic E-state index is 14.0. The average molecular weight is 633 g/mol. The molecule has 0 fully saturated rings. The third kappa shape index (κ3) is 6.42. The Bertz CT molecular complexity index is 1580. The summed E-state index contributed by atoms with van der Waals surface area (Å²) in [6.07, 6.45) is 2.30. The van der Waals surface area contributed by atoms with Gasteiger partial charge in [-0.2, -0.15) is 0 Å². The van der Waals surface area contributed by atoms with E-state index in [9.17, 15) is 14.4 Å². The number of anilines is 1. The van der Waals surface area contributed by atoms with E-state index in [1.807, 2.05) is 45.0 Å². The van der Waals surface area contributed by atoms with E-state index >= 15 is 0 Å². The molecule has 8 heteroatoms. The van der Waals surface area contributed by atoms with Gasteiger partial charge in [-0.15, -0.1) is 0 Å². The van der Waals surface area contributed by atoms with Crippen molar-refractivity contribution < 1.29 is 23.9 Å². The Labute approximate surface area is 272 Å². The summed E-state index contributed by atoms with van der Waals surface area (Å²) in [6, 6.07) is 9.33. The highest BCUT2D eigenvalue weighted by Gasteiger charge is 2.49. The van der Waals surface area contributed by atoms with Crippen LogP contribution in [0.5, 0.6) is 11.5 Å². The number of hydrogen-bond acceptors (Lipinski definition) is 6. The van der Waals surface area contributed by atoms with Crippen LogP contribution in [-0.2, 0) is 14.4 Å². The number of ether oxygens (including phenoxy) is 2. The summed E-state index contributed by atoms with van der Waals surface area (Å²) in [4.78, 5) is 43.1. The van der Waals surface area contributed by atoms with Gasteiger partial charge in [-0.3, -0.25) is 14.4 Å². The third-order valence-electron chi connectivity index (χ3n) is 9.23. The van der Waals surface area contributed by atoms with Crippen molar-refractivity contribution in [1.82, 2.24) is 4.90 Å². The zero-order chi connectivity index (χ0) is 32.8. The normalized spacial score (nSPS) is 19.4. The summed E-state index contributed by atoms with van der Waals surface area (Å²) >= 11 is 6.90. The number of allylic oxidation sites excluding steroid dienone is 4. The fraction of sp³-hybridized carbons (Fsp3) is 0.486. The molecule has 7 nitrogen and oxygen atoms in total. The highest BCUT2D eigenvalue weighted by atomic mass is 35.5. The minimum absolute atomic E-state index is 0.0615. The molecule has 0 radical (unpaired) electrons. The van der Waals surface area contributed by atoms with Gasteiger partial charge >= 0.3 is 0 Å². The molecule has 0 bridgehead atoms. The average Bonchev–Trinajstić information content (AvgIpc) is 2.93. The van der Waals surface area contributed by atoms with Crippen molar-refractivity contribution in [1.29, 1.82) is 0 Å². The lowest BCUT2D eigenvalue weighted by Gasteiger charge is -2.49. The molecule has 1 amide bonds. The SMILES string of the molecule is CCOc1cc(C2C3=C(CC(C)(C)CC3=O)N(CC)C3=C2C(=O)CC(C)(C)C3)cc(Cl)c1OCC(=O)Nc1cccc(C)c1C. The molecule has 0 saturated carbocycles. The van der Waals surface area contributed by atoms with Crippen molar-refractivity contribution in [2.24, 2.45) is 10.8 Å². The van der Waals surface area contributed by atoms with Crippen LogP contribution in [0.3, 0.4) is 0 Å². The lowest BCUT2D eigenvalue weighted by Crippen LogP contribution is -2.44. The van der Waals surface area contributed by atoms with Gasteiger partial charge in [-0.25, -0.2) is 0 Å². The topological polar surface area (TPSA) is 84.9 Å². The first-order chi connectivity index (χ1) is 21.2. The first-order valence-corrected chi connectivity index (χ1v) is 16.3. The largest absolute Gasteiger partial charge is 0.490 e. The van der Waals surface area contributed by atoms with E-state index in [2.05, 4.69) is 44.8 Å². The lowest BCUT2D eigenvalue weighted by atomic mass is 9.63. The second-order valence-corrected chi connectivity index (χ2v) is 14.5. The van der Waals surface area contributed by atoms with Gasteiger partial charge in [0.05, 0.1) is 11.6 Å². The molecule has 1 aliphatic heterocycles. The number of nitrogens with zero attached hydrogens (tertiary/aromatic N) is 1. The van der Waals surface area contributed by atoms with Crippen molar-refractivity contribution >= 4 is 34.8 Å². The molecular weight excluding hydrogens is 588 g/mol. The molecule has 0 saturated heterocycles. The highest BCUT2D eigenvalue weighted by molar-refractivity contribution is 6.32. The van der Waals surface area contributed by atoms with E-state index in [-0.39, 0.29) is 45.7 Å². The van der Waals surface area contributed by atoms with Gasteiger partial charge in [-0.05, 0) is 86.3 Å². The molecule has 0 spiro atoms. The number of Topliss-reactive ketones (excluding diaryl/α,β-unsaturated/α-hetero) is 2. The van der Waals surface area contributed by atoms with Crippen LogP contribution in [0, 0.1) is 24.7 Å². The van der Waals surface area contributed by atoms with Gasteiger partial charge in [-0.1, -0.05) is 51.4 Å². The first kappa shape index (κ1) is 32.8. The van der Waals surface area contributed by atoms with Gasteiger partial charge in [0.2, 0.25) is 0 Å². The number of rotatable bonds is 8. The van der Waals surface area contributed by atoms with E-state index in [0.29, 0.717) is 48.5 Å². The maximum Gasteiger partial charge on any atom is 0.262 e. The van der Waals surface area contributed by atoms with Crippen molar-refractivity contribution in [3.05, 3.63) is 74.6 Å². The van der Waals surface area contributed by atoms with Crippen LogP contribution >= 0.6 is 11.6 Å². The minimum Gasteiger partial charge on any atom is -0.490 e. The van der Waals surface area contributed by atoms with Crippen molar-refractivity contribution in [2.75, 3.05) is 25.1 Å². The molecule has 2 aromatic rings. The molecule has 2 aromatic carbocycles. The molecule has 3 aliphatic rings. The molecular formula is C37H45ClN2O5. The summed E-state index contributed by atoms with van der Waals surface area (Å²) in [5, 5.41) is 3.16. The van der Waals surface area contributed by atoms with Gasteiger partial charge < -0.3 is 19.7 Å². The van der Waals surface area contributed by atoms with Gasteiger partial charge in [0.15, 0.2) is 29.7 Å². The summed E-state index contributed by atoms with van der Waals surface area (Å²) in [5.41, 5.74) is 6.50. The lowest BCUT2D eigenvalue weighted by molar-refractivity contribution is -0.120. The Morgan fingerprint density at radius 3 is 2.09 bits per heavy atom. The Morgan fingerprint density at radius 2 is 1.53 bits per heavy atom. The molecule has 45 heavy (non-hydrogen) atoms. The number of halogens is 1. The number of benzene rings is 2. The smallest absolute Gasteiger partial charge is 0.262 e. The second kappa shape index (κ2) is 12.3. The fourth-order valence-corrected chi connectivity index (χ4v) is 7.40. The van der Waals surface area contributed by atoms with Crippen molar-refractivity contribution in [3.63, 3.8) is 0 Å². The Balaban J connectivity index is 1.56. The maximum absolute atomic E-state index is 14.0. The van der Waals surface area contributed by atoms with E-state index in [1.165, 1.54) is 0 Å². The zero-order valence-electron chi connectivity index (χ0n) is 27.8. The molecule has 0 unspecified atom stereocenters. The number of nitrogens with one attached hydrogen (secondary N) is 1. The molecule has 240 valence electrons. The van der Waals surface area contributed by atoms with E-state index in [4.69, 9.17) is 21.1 Å². The summed E-state index contributed by atoms with van der Waals surface area (Å²) < 4.78 is 12.0. The van der Waals surface area contributed by atoms with Gasteiger partial charge in [0.1, 0.15) is 0 Å². The van der Waals surface area contributed by atoms with E-state index in [1.54, 1.807) is 6.07 Å². The summed E-state index contributed by atoms with van der Waals surface area (Å²) in [7, 11) is 0. The number of amides is 1. The van der Waals surface area contributed by atoms with Crippen LogP contribution in [0.1, 0.15) is 89.8 Å².